The van der Waals surface area contributed by atoms with Crippen molar-refractivity contribution >= 4 is 34.9 Å². The fraction of sp³-hybridized carbons (Fsp3) is 0.385. The number of nitrogens with zero attached hydrogens (tertiary/aromatic N) is 2. The van der Waals surface area contributed by atoms with Gasteiger partial charge in [0.2, 0.25) is 0 Å². The largest absolute Gasteiger partial charge is 0.304 e. The number of thioether (sulfide) groups is 2. The predicted octanol–water partition coefficient (Wildman–Crippen LogP) is 4.43. The maximum atomic E-state index is 12.3. The molecule has 1 heterocycles. The van der Waals surface area contributed by atoms with Crippen molar-refractivity contribution in [2.75, 3.05) is 6.26 Å². The van der Waals surface area contributed by atoms with Crippen molar-refractivity contribution in [3.8, 4) is 0 Å². The van der Waals surface area contributed by atoms with E-state index in [2.05, 4.69) is 15.5 Å². The van der Waals surface area contributed by atoms with Gasteiger partial charge in [-0.3, -0.25) is 0 Å². The van der Waals surface area contributed by atoms with Crippen LogP contribution in [0.1, 0.15) is 23.5 Å². The standard InChI is InChI=1S/C13H15F2N3S3/c1-8(16-7-11-17-18-13(19-2)21-11)9-3-5-10(6-4-9)20-12(14)15/h3-6,8,12,16H,7H2,1-2H3/t8-/m0/s1. The van der Waals surface area contributed by atoms with Gasteiger partial charge in [-0.05, 0) is 30.9 Å². The molecule has 0 saturated heterocycles. The van der Waals surface area contributed by atoms with Gasteiger partial charge in [-0.1, -0.05) is 47.0 Å². The Labute approximate surface area is 134 Å². The fourth-order valence-corrected chi connectivity index (χ4v) is 3.45. The van der Waals surface area contributed by atoms with Crippen LogP contribution in [0.2, 0.25) is 0 Å². The van der Waals surface area contributed by atoms with Crippen LogP contribution in [0, 0.1) is 0 Å². The molecule has 0 fully saturated rings. The molecule has 2 rings (SSSR count). The van der Waals surface area contributed by atoms with Crippen molar-refractivity contribution in [2.24, 2.45) is 0 Å². The number of benzene rings is 1. The number of hydrogen-bond acceptors (Lipinski definition) is 6. The van der Waals surface area contributed by atoms with Gasteiger partial charge in [-0.2, -0.15) is 8.78 Å². The summed E-state index contributed by atoms with van der Waals surface area (Å²) in [6, 6.07) is 7.31. The van der Waals surface area contributed by atoms with Gasteiger partial charge >= 0.3 is 0 Å². The van der Waals surface area contributed by atoms with Gasteiger partial charge in [-0.15, -0.1) is 10.2 Å². The first-order valence-corrected chi connectivity index (χ1v) is 9.15. The van der Waals surface area contributed by atoms with Gasteiger partial charge in [0, 0.05) is 10.9 Å². The summed E-state index contributed by atoms with van der Waals surface area (Å²) < 4.78 is 25.5. The summed E-state index contributed by atoms with van der Waals surface area (Å²) >= 11 is 3.71. The number of alkyl halides is 2. The summed E-state index contributed by atoms with van der Waals surface area (Å²) in [5.41, 5.74) is 1.06. The van der Waals surface area contributed by atoms with E-state index in [1.165, 1.54) is 0 Å². The minimum Gasteiger partial charge on any atom is -0.304 e. The van der Waals surface area contributed by atoms with Gasteiger partial charge in [0.1, 0.15) is 5.01 Å². The molecule has 114 valence electrons. The SMILES string of the molecule is CSc1nnc(CN[C@@H](C)c2ccc(SC(F)F)cc2)s1. The number of halogens is 2. The third-order valence-electron chi connectivity index (χ3n) is 2.79. The van der Waals surface area contributed by atoms with E-state index < -0.39 is 5.76 Å². The lowest BCUT2D eigenvalue weighted by molar-refractivity contribution is 0.252. The van der Waals surface area contributed by atoms with Gasteiger partial charge in [-0.25, -0.2) is 0 Å². The highest BCUT2D eigenvalue weighted by atomic mass is 32.2. The Hall–Kier alpha value is -0.700. The van der Waals surface area contributed by atoms with Crippen molar-refractivity contribution in [3.63, 3.8) is 0 Å². The maximum absolute atomic E-state index is 12.3. The van der Waals surface area contributed by atoms with E-state index in [9.17, 15) is 8.78 Å². The second-order valence-electron chi connectivity index (χ2n) is 4.22. The molecule has 0 saturated carbocycles. The summed E-state index contributed by atoms with van der Waals surface area (Å²) in [7, 11) is 0. The van der Waals surface area contributed by atoms with Crippen LogP contribution >= 0.6 is 34.9 Å². The number of rotatable bonds is 7. The zero-order valence-corrected chi connectivity index (χ0v) is 14.0. The normalized spacial score (nSPS) is 12.8. The van der Waals surface area contributed by atoms with Gasteiger partial charge in [0.05, 0.1) is 6.54 Å². The van der Waals surface area contributed by atoms with Crippen LogP contribution in [-0.2, 0) is 6.54 Å². The minimum absolute atomic E-state index is 0.122. The highest BCUT2D eigenvalue weighted by Gasteiger charge is 2.09. The van der Waals surface area contributed by atoms with Crippen molar-refractivity contribution in [1.82, 2.24) is 15.5 Å². The summed E-state index contributed by atoms with van der Waals surface area (Å²) in [6.07, 6.45) is 1.97. The fourth-order valence-electron chi connectivity index (χ4n) is 1.69. The summed E-state index contributed by atoms with van der Waals surface area (Å²) in [5.74, 6) is -2.38. The maximum Gasteiger partial charge on any atom is 0.288 e. The molecule has 2 aromatic rings. The number of nitrogens with one attached hydrogen (secondary N) is 1. The summed E-state index contributed by atoms with van der Waals surface area (Å²) in [5, 5.41) is 12.4. The monoisotopic (exact) mass is 347 g/mol. The molecule has 1 N–H and O–H groups in total. The van der Waals surface area contributed by atoms with Crippen LogP contribution in [0.3, 0.4) is 0 Å². The quantitative estimate of drug-likeness (QED) is 0.750. The zero-order chi connectivity index (χ0) is 15.2. The molecule has 0 bridgehead atoms. The lowest BCUT2D eigenvalue weighted by atomic mass is 10.1. The molecule has 0 radical (unpaired) electrons. The van der Waals surface area contributed by atoms with Crippen molar-refractivity contribution in [2.45, 2.75) is 34.5 Å². The molecule has 0 aliphatic carbocycles. The first-order valence-electron chi connectivity index (χ1n) is 6.23. The van der Waals surface area contributed by atoms with Crippen LogP contribution in [0.5, 0.6) is 0 Å². The average molecular weight is 347 g/mol. The topological polar surface area (TPSA) is 37.8 Å². The third kappa shape index (κ3) is 5.21. The van der Waals surface area contributed by atoms with Crippen molar-refractivity contribution in [1.29, 1.82) is 0 Å². The van der Waals surface area contributed by atoms with E-state index in [0.29, 0.717) is 23.2 Å². The highest BCUT2D eigenvalue weighted by molar-refractivity contribution is 8.00. The van der Waals surface area contributed by atoms with E-state index in [4.69, 9.17) is 0 Å². The van der Waals surface area contributed by atoms with Crippen LogP contribution in [0.4, 0.5) is 8.78 Å². The number of aromatic nitrogens is 2. The Bertz CT molecular complexity index is 560. The molecular weight excluding hydrogens is 332 g/mol. The Morgan fingerprint density at radius 2 is 1.95 bits per heavy atom. The molecule has 1 aromatic carbocycles. The predicted molar refractivity (Wildman–Crippen MR) is 85.2 cm³/mol. The zero-order valence-electron chi connectivity index (χ0n) is 11.5. The molecule has 8 heteroatoms. The van der Waals surface area contributed by atoms with Crippen LogP contribution in [0.15, 0.2) is 33.5 Å². The molecule has 0 aliphatic heterocycles. The van der Waals surface area contributed by atoms with Gasteiger partial charge in [0.15, 0.2) is 4.34 Å². The van der Waals surface area contributed by atoms with E-state index in [1.54, 1.807) is 35.2 Å². The Morgan fingerprint density at radius 3 is 2.52 bits per heavy atom. The Morgan fingerprint density at radius 1 is 1.24 bits per heavy atom. The van der Waals surface area contributed by atoms with E-state index in [0.717, 1.165) is 14.9 Å². The minimum atomic E-state index is -2.38. The van der Waals surface area contributed by atoms with Crippen molar-refractivity contribution < 1.29 is 8.78 Å². The van der Waals surface area contributed by atoms with Gasteiger partial charge in [0.25, 0.3) is 5.76 Å². The number of hydrogen-bond donors (Lipinski definition) is 1. The van der Waals surface area contributed by atoms with E-state index >= 15 is 0 Å². The Kier molecular flexibility index (Phi) is 6.40. The summed E-state index contributed by atoms with van der Waals surface area (Å²) in [6.45, 7) is 2.68. The first-order chi connectivity index (χ1) is 10.1. The molecular formula is C13H15F2N3S3. The first kappa shape index (κ1) is 16.7. The van der Waals surface area contributed by atoms with Crippen molar-refractivity contribution in [3.05, 3.63) is 34.8 Å². The molecule has 3 nitrogen and oxygen atoms in total. The van der Waals surface area contributed by atoms with Gasteiger partial charge < -0.3 is 5.32 Å². The molecule has 1 aromatic heterocycles. The second-order valence-corrected chi connectivity index (χ2v) is 7.39. The third-order valence-corrected chi connectivity index (χ3v) is 5.41. The summed E-state index contributed by atoms with van der Waals surface area (Å²) in [4.78, 5) is 0.578. The molecule has 0 unspecified atom stereocenters. The Balaban J connectivity index is 1.89. The molecule has 21 heavy (non-hydrogen) atoms. The van der Waals surface area contributed by atoms with E-state index in [1.807, 2.05) is 25.3 Å². The smallest absolute Gasteiger partial charge is 0.288 e. The second kappa shape index (κ2) is 8.07. The lowest BCUT2D eigenvalue weighted by Gasteiger charge is -2.13. The molecule has 0 amide bonds. The van der Waals surface area contributed by atoms with Crippen LogP contribution in [-0.4, -0.2) is 22.2 Å². The van der Waals surface area contributed by atoms with E-state index in [-0.39, 0.29) is 6.04 Å². The highest BCUT2D eigenvalue weighted by Crippen LogP contribution is 2.26. The lowest BCUT2D eigenvalue weighted by Crippen LogP contribution is -2.17. The van der Waals surface area contributed by atoms with Crippen LogP contribution in [0.25, 0.3) is 0 Å². The average Bonchev–Trinajstić information content (AvgIpc) is 2.93. The van der Waals surface area contributed by atoms with Crippen LogP contribution < -0.4 is 5.32 Å². The molecule has 0 spiro atoms. The molecule has 1 atom stereocenters. The molecule has 0 aliphatic rings.